The van der Waals surface area contributed by atoms with Crippen LogP contribution in [0.15, 0.2) is 48.7 Å². The Balaban J connectivity index is 1.98. The molecule has 2 rings (SSSR count). The highest BCUT2D eigenvalue weighted by molar-refractivity contribution is 5.49. The van der Waals surface area contributed by atoms with Crippen molar-refractivity contribution in [3.8, 4) is 5.88 Å². The number of allylic oxidation sites excluding steroid dienone is 1. The molecule has 0 radical (unpaired) electrons. The van der Waals surface area contributed by atoms with Gasteiger partial charge in [-0.1, -0.05) is 36.4 Å². The molecular formula is C16H17NO. The lowest BCUT2D eigenvalue weighted by Crippen LogP contribution is -1.97. The van der Waals surface area contributed by atoms with Crippen molar-refractivity contribution in [3.05, 3.63) is 65.4 Å². The molecule has 18 heavy (non-hydrogen) atoms. The average molecular weight is 239 g/mol. The van der Waals surface area contributed by atoms with E-state index in [9.17, 15) is 0 Å². The third-order valence-corrected chi connectivity index (χ3v) is 2.62. The maximum Gasteiger partial charge on any atom is 0.213 e. The van der Waals surface area contributed by atoms with E-state index in [1.165, 1.54) is 5.56 Å². The number of hydrogen-bond acceptors (Lipinski definition) is 2. The van der Waals surface area contributed by atoms with Crippen LogP contribution < -0.4 is 4.74 Å². The molecule has 92 valence electrons. The van der Waals surface area contributed by atoms with E-state index in [1.807, 2.05) is 32.1 Å². The number of rotatable bonds is 4. The molecule has 0 bridgehead atoms. The maximum atomic E-state index is 5.64. The van der Waals surface area contributed by atoms with Crippen LogP contribution >= 0.6 is 0 Å². The van der Waals surface area contributed by atoms with E-state index >= 15 is 0 Å². The van der Waals surface area contributed by atoms with Crippen molar-refractivity contribution in [2.75, 3.05) is 0 Å². The summed E-state index contributed by atoms with van der Waals surface area (Å²) in [6.07, 6.45) is 5.87. The molecule has 0 saturated carbocycles. The van der Waals surface area contributed by atoms with Gasteiger partial charge in [-0.05, 0) is 36.6 Å². The van der Waals surface area contributed by atoms with E-state index in [1.54, 1.807) is 6.20 Å². The van der Waals surface area contributed by atoms with Crippen molar-refractivity contribution >= 4 is 6.08 Å². The third-order valence-electron chi connectivity index (χ3n) is 2.62. The molecular weight excluding hydrogens is 222 g/mol. The van der Waals surface area contributed by atoms with E-state index in [0.29, 0.717) is 12.5 Å². The predicted molar refractivity (Wildman–Crippen MR) is 74.5 cm³/mol. The highest BCUT2D eigenvalue weighted by Crippen LogP contribution is 2.12. The number of aryl methyl sites for hydroxylation is 1. The standard InChI is InChI=1S/C16H17NO/c1-3-4-14-5-7-15(8-6-14)12-18-16-11-13(2)9-10-17-16/h3-11H,12H2,1-2H3/b4-3+. The van der Waals surface area contributed by atoms with E-state index in [0.717, 1.165) is 11.1 Å². The van der Waals surface area contributed by atoms with E-state index in [-0.39, 0.29) is 0 Å². The lowest BCUT2D eigenvalue weighted by molar-refractivity contribution is 0.293. The smallest absolute Gasteiger partial charge is 0.213 e. The Kier molecular flexibility index (Phi) is 4.13. The van der Waals surface area contributed by atoms with Crippen LogP contribution in [0.25, 0.3) is 6.08 Å². The van der Waals surface area contributed by atoms with Gasteiger partial charge in [0.05, 0.1) is 0 Å². The predicted octanol–water partition coefficient (Wildman–Crippen LogP) is 4.00. The van der Waals surface area contributed by atoms with Gasteiger partial charge in [0, 0.05) is 12.3 Å². The first-order valence-electron chi connectivity index (χ1n) is 6.05. The van der Waals surface area contributed by atoms with Crippen molar-refractivity contribution in [3.63, 3.8) is 0 Å². The molecule has 0 aliphatic carbocycles. The number of hydrogen-bond donors (Lipinski definition) is 0. The minimum Gasteiger partial charge on any atom is -0.473 e. The Morgan fingerprint density at radius 2 is 1.94 bits per heavy atom. The summed E-state index contributed by atoms with van der Waals surface area (Å²) in [5.74, 6) is 0.674. The van der Waals surface area contributed by atoms with Gasteiger partial charge in [-0.3, -0.25) is 0 Å². The van der Waals surface area contributed by atoms with Gasteiger partial charge in [0.25, 0.3) is 0 Å². The number of ether oxygens (including phenoxy) is 1. The summed E-state index contributed by atoms with van der Waals surface area (Å²) in [5, 5.41) is 0. The van der Waals surface area contributed by atoms with Gasteiger partial charge in [0.15, 0.2) is 0 Å². The molecule has 0 atom stereocenters. The second-order valence-electron chi connectivity index (χ2n) is 4.20. The molecule has 2 nitrogen and oxygen atoms in total. The Morgan fingerprint density at radius 3 is 2.61 bits per heavy atom. The fraction of sp³-hybridized carbons (Fsp3) is 0.188. The van der Waals surface area contributed by atoms with Crippen LogP contribution in [0.3, 0.4) is 0 Å². The molecule has 0 amide bonds. The maximum absolute atomic E-state index is 5.64. The van der Waals surface area contributed by atoms with E-state index in [4.69, 9.17) is 4.74 Å². The zero-order chi connectivity index (χ0) is 12.8. The average Bonchev–Trinajstić information content (AvgIpc) is 2.38. The van der Waals surface area contributed by atoms with Crippen molar-refractivity contribution in [2.24, 2.45) is 0 Å². The molecule has 1 heterocycles. The van der Waals surface area contributed by atoms with Crippen LogP contribution in [0.2, 0.25) is 0 Å². The molecule has 1 aromatic heterocycles. The minimum atomic E-state index is 0.548. The Bertz CT molecular complexity index is 529. The minimum absolute atomic E-state index is 0.548. The Labute approximate surface area is 108 Å². The number of pyridine rings is 1. The topological polar surface area (TPSA) is 22.1 Å². The van der Waals surface area contributed by atoms with Gasteiger partial charge < -0.3 is 4.74 Å². The second-order valence-corrected chi connectivity index (χ2v) is 4.20. The van der Waals surface area contributed by atoms with Crippen LogP contribution in [-0.2, 0) is 6.61 Å². The highest BCUT2D eigenvalue weighted by Gasteiger charge is 1.97. The summed E-state index contributed by atoms with van der Waals surface area (Å²) in [7, 11) is 0. The van der Waals surface area contributed by atoms with Crippen molar-refractivity contribution in [1.82, 2.24) is 4.98 Å². The number of aromatic nitrogens is 1. The molecule has 0 aliphatic rings. The molecule has 2 heteroatoms. The van der Waals surface area contributed by atoms with Gasteiger partial charge in [0.2, 0.25) is 5.88 Å². The summed E-state index contributed by atoms with van der Waals surface area (Å²) in [5.41, 5.74) is 3.50. The normalized spacial score (nSPS) is 10.8. The molecule has 2 aromatic rings. The Hall–Kier alpha value is -2.09. The summed E-state index contributed by atoms with van der Waals surface area (Å²) in [6.45, 7) is 4.59. The van der Waals surface area contributed by atoms with Crippen molar-refractivity contribution in [1.29, 1.82) is 0 Å². The van der Waals surface area contributed by atoms with Crippen LogP contribution in [0.4, 0.5) is 0 Å². The lowest BCUT2D eigenvalue weighted by Gasteiger charge is -2.06. The monoisotopic (exact) mass is 239 g/mol. The molecule has 0 aliphatic heterocycles. The van der Waals surface area contributed by atoms with Crippen LogP contribution in [0, 0.1) is 6.92 Å². The summed E-state index contributed by atoms with van der Waals surface area (Å²) in [6, 6.07) is 12.2. The second kappa shape index (κ2) is 6.01. The largest absolute Gasteiger partial charge is 0.473 e. The molecule has 1 aromatic carbocycles. The molecule has 0 N–H and O–H groups in total. The SMILES string of the molecule is C/C=C/c1ccc(COc2cc(C)ccn2)cc1. The van der Waals surface area contributed by atoms with Crippen LogP contribution in [-0.4, -0.2) is 4.98 Å². The van der Waals surface area contributed by atoms with Gasteiger partial charge in [-0.15, -0.1) is 0 Å². The van der Waals surface area contributed by atoms with Crippen molar-refractivity contribution in [2.45, 2.75) is 20.5 Å². The number of benzene rings is 1. The first kappa shape index (κ1) is 12.4. The van der Waals surface area contributed by atoms with Gasteiger partial charge in [-0.2, -0.15) is 0 Å². The number of nitrogens with zero attached hydrogens (tertiary/aromatic N) is 1. The zero-order valence-corrected chi connectivity index (χ0v) is 10.8. The summed E-state index contributed by atoms with van der Waals surface area (Å²) < 4.78 is 5.64. The van der Waals surface area contributed by atoms with Crippen LogP contribution in [0.5, 0.6) is 5.88 Å². The third kappa shape index (κ3) is 3.45. The first-order chi connectivity index (χ1) is 8.78. The van der Waals surface area contributed by atoms with Crippen LogP contribution in [0.1, 0.15) is 23.6 Å². The summed E-state index contributed by atoms with van der Waals surface area (Å²) in [4.78, 5) is 4.17. The van der Waals surface area contributed by atoms with E-state index < -0.39 is 0 Å². The molecule has 0 saturated heterocycles. The molecule has 0 unspecified atom stereocenters. The fourth-order valence-corrected chi connectivity index (χ4v) is 1.66. The van der Waals surface area contributed by atoms with Gasteiger partial charge in [0.1, 0.15) is 6.61 Å². The summed E-state index contributed by atoms with van der Waals surface area (Å²) >= 11 is 0. The van der Waals surface area contributed by atoms with Gasteiger partial charge in [-0.25, -0.2) is 4.98 Å². The van der Waals surface area contributed by atoms with E-state index in [2.05, 4.69) is 35.3 Å². The molecule has 0 spiro atoms. The highest BCUT2D eigenvalue weighted by atomic mass is 16.5. The van der Waals surface area contributed by atoms with Crippen molar-refractivity contribution < 1.29 is 4.74 Å². The zero-order valence-electron chi connectivity index (χ0n) is 10.8. The molecule has 0 fully saturated rings. The lowest BCUT2D eigenvalue weighted by atomic mass is 10.1. The first-order valence-corrected chi connectivity index (χ1v) is 6.05. The van der Waals surface area contributed by atoms with Gasteiger partial charge >= 0.3 is 0 Å². The quantitative estimate of drug-likeness (QED) is 0.804. The Morgan fingerprint density at radius 1 is 1.17 bits per heavy atom. The fourth-order valence-electron chi connectivity index (χ4n) is 1.66.